The smallest absolute Gasteiger partial charge is 0.251 e. The normalized spacial score (nSPS) is 22.8. The van der Waals surface area contributed by atoms with Gasteiger partial charge in [0.1, 0.15) is 0 Å². The van der Waals surface area contributed by atoms with Crippen molar-refractivity contribution in [3.63, 3.8) is 0 Å². The average Bonchev–Trinajstić information content (AvgIpc) is 3.41. The van der Waals surface area contributed by atoms with Gasteiger partial charge in [0.2, 0.25) is 0 Å². The Balaban J connectivity index is 1.75. The largest absolute Gasteiger partial charge is 0.383 e. The third-order valence-corrected chi connectivity index (χ3v) is 5.36. The van der Waals surface area contributed by atoms with Gasteiger partial charge in [-0.1, -0.05) is 13.0 Å². The Morgan fingerprint density at radius 2 is 2.12 bits per heavy atom. The van der Waals surface area contributed by atoms with E-state index in [0.717, 1.165) is 30.0 Å². The lowest BCUT2D eigenvalue weighted by Crippen LogP contribution is -2.43. The molecule has 0 aromatic heterocycles. The van der Waals surface area contributed by atoms with Crippen molar-refractivity contribution in [2.45, 2.75) is 38.1 Å². The van der Waals surface area contributed by atoms with Gasteiger partial charge in [0.15, 0.2) is 5.78 Å². The van der Waals surface area contributed by atoms with Crippen molar-refractivity contribution in [3.8, 4) is 0 Å². The van der Waals surface area contributed by atoms with E-state index in [1.165, 1.54) is 12.8 Å². The molecule has 2 aliphatic carbocycles. The number of nitrogens with one attached hydrogen (secondary N) is 1. The summed E-state index contributed by atoms with van der Waals surface area (Å²) in [6, 6.07) is 5.44. The summed E-state index contributed by atoms with van der Waals surface area (Å²) >= 11 is 0. The number of carbonyl (C=O) groups excluding carboxylic acids is 2. The van der Waals surface area contributed by atoms with Crippen LogP contribution >= 0.6 is 0 Å². The maximum absolute atomic E-state index is 12.9. The predicted molar refractivity (Wildman–Crippen MR) is 97.2 cm³/mol. The van der Waals surface area contributed by atoms with Crippen LogP contribution in [0.15, 0.2) is 18.2 Å². The van der Waals surface area contributed by atoms with Gasteiger partial charge in [0.05, 0.1) is 12.6 Å². The van der Waals surface area contributed by atoms with E-state index in [0.29, 0.717) is 18.7 Å². The fraction of sp³-hybridized carbons (Fsp3) is 0.600. The lowest BCUT2D eigenvalue weighted by atomic mass is 9.79. The van der Waals surface area contributed by atoms with Gasteiger partial charge in [-0.25, -0.2) is 0 Å². The number of methoxy groups -OCH3 is 1. The van der Waals surface area contributed by atoms with Gasteiger partial charge in [-0.2, -0.15) is 0 Å². The number of ether oxygens (including phenoxy) is 1. The molecular weight excluding hydrogens is 316 g/mol. The SMILES string of the molecule is COCCNC(=O)c1ccc2c(c1)C(C)CC(N(C)CC1CC1)C2=O. The molecule has 1 amide bonds. The average molecular weight is 344 g/mol. The standard InChI is InChI=1S/C20H28N2O3/c1-13-10-18(22(2)12-14-4-5-14)19(23)16-7-6-15(11-17(13)16)20(24)21-8-9-25-3/h6-7,11,13-14,18H,4-5,8-10,12H2,1-3H3,(H,21,24). The Labute approximate surface area is 149 Å². The van der Waals surface area contributed by atoms with Crippen LogP contribution < -0.4 is 5.32 Å². The van der Waals surface area contributed by atoms with E-state index in [2.05, 4.69) is 24.2 Å². The van der Waals surface area contributed by atoms with Gasteiger partial charge in [0, 0.05) is 31.3 Å². The van der Waals surface area contributed by atoms with Crippen LogP contribution in [0, 0.1) is 5.92 Å². The molecule has 1 N–H and O–H groups in total. The Kier molecular flexibility index (Phi) is 5.54. The second-order valence-electron chi connectivity index (χ2n) is 7.45. The predicted octanol–water partition coefficient (Wildman–Crippen LogP) is 2.46. The van der Waals surface area contributed by atoms with Gasteiger partial charge in [0.25, 0.3) is 5.91 Å². The molecule has 0 radical (unpaired) electrons. The number of Topliss-reactive ketones (excluding diaryl/α,β-unsaturated/α-hetero) is 1. The molecule has 5 nitrogen and oxygen atoms in total. The molecule has 0 spiro atoms. The molecule has 0 bridgehead atoms. The highest BCUT2D eigenvalue weighted by Gasteiger charge is 2.36. The zero-order valence-corrected chi connectivity index (χ0v) is 15.4. The summed E-state index contributed by atoms with van der Waals surface area (Å²) in [5.74, 6) is 1.12. The van der Waals surface area contributed by atoms with E-state index < -0.39 is 0 Å². The van der Waals surface area contributed by atoms with Crippen molar-refractivity contribution in [1.29, 1.82) is 0 Å². The number of rotatable bonds is 7. The van der Waals surface area contributed by atoms with Gasteiger partial charge in [-0.3, -0.25) is 14.5 Å². The van der Waals surface area contributed by atoms with Crippen LogP contribution in [0.1, 0.15) is 58.4 Å². The van der Waals surface area contributed by atoms with E-state index in [4.69, 9.17) is 4.74 Å². The van der Waals surface area contributed by atoms with E-state index in [-0.39, 0.29) is 23.7 Å². The highest BCUT2D eigenvalue weighted by molar-refractivity contribution is 6.04. The monoisotopic (exact) mass is 344 g/mol. The third-order valence-electron chi connectivity index (χ3n) is 5.36. The van der Waals surface area contributed by atoms with E-state index in [1.54, 1.807) is 13.2 Å². The van der Waals surface area contributed by atoms with Crippen LogP contribution in [-0.2, 0) is 4.74 Å². The first-order chi connectivity index (χ1) is 12.0. The van der Waals surface area contributed by atoms with Crippen molar-refractivity contribution in [3.05, 3.63) is 34.9 Å². The summed E-state index contributed by atoms with van der Waals surface area (Å²) in [5, 5.41) is 2.83. The van der Waals surface area contributed by atoms with Crippen LogP contribution in [0.3, 0.4) is 0 Å². The van der Waals surface area contributed by atoms with Crippen LogP contribution in [0.5, 0.6) is 0 Å². The number of fused-ring (bicyclic) bond motifs is 1. The summed E-state index contributed by atoms with van der Waals surface area (Å²) in [4.78, 5) is 27.4. The molecule has 5 heteroatoms. The molecular formula is C20H28N2O3. The first-order valence-corrected chi connectivity index (χ1v) is 9.16. The molecule has 1 saturated carbocycles. The molecule has 1 aromatic carbocycles. The summed E-state index contributed by atoms with van der Waals surface area (Å²) in [7, 11) is 3.67. The minimum Gasteiger partial charge on any atom is -0.383 e. The van der Waals surface area contributed by atoms with E-state index in [1.807, 2.05) is 12.1 Å². The molecule has 2 atom stereocenters. The highest BCUT2D eigenvalue weighted by Crippen LogP contribution is 2.36. The third kappa shape index (κ3) is 4.10. The molecule has 0 saturated heterocycles. The molecule has 0 heterocycles. The maximum Gasteiger partial charge on any atom is 0.251 e. The summed E-state index contributed by atoms with van der Waals surface area (Å²) in [6.07, 6.45) is 3.40. The fourth-order valence-corrected chi connectivity index (χ4v) is 3.67. The van der Waals surface area contributed by atoms with Crippen molar-refractivity contribution in [2.24, 2.45) is 5.92 Å². The van der Waals surface area contributed by atoms with Crippen LogP contribution in [0.25, 0.3) is 0 Å². The van der Waals surface area contributed by atoms with E-state index in [9.17, 15) is 9.59 Å². The number of hydrogen-bond acceptors (Lipinski definition) is 4. The minimum absolute atomic E-state index is 0.0375. The van der Waals surface area contributed by atoms with Gasteiger partial charge < -0.3 is 10.1 Å². The Hall–Kier alpha value is -1.72. The zero-order valence-electron chi connectivity index (χ0n) is 15.4. The Morgan fingerprint density at radius 3 is 2.80 bits per heavy atom. The summed E-state index contributed by atoms with van der Waals surface area (Å²) in [6.45, 7) is 4.13. The Bertz CT molecular complexity index is 654. The van der Waals surface area contributed by atoms with Gasteiger partial charge >= 0.3 is 0 Å². The lowest BCUT2D eigenvalue weighted by molar-refractivity contribution is 0.0807. The zero-order chi connectivity index (χ0) is 18.0. The summed E-state index contributed by atoms with van der Waals surface area (Å²) in [5.41, 5.74) is 2.39. The van der Waals surface area contributed by atoms with E-state index >= 15 is 0 Å². The second-order valence-corrected chi connectivity index (χ2v) is 7.45. The molecule has 3 rings (SSSR count). The number of amides is 1. The van der Waals surface area contributed by atoms with Gasteiger partial charge in [-0.15, -0.1) is 0 Å². The minimum atomic E-state index is -0.118. The molecule has 25 heavy (non-hydrogen) atoms. The van der Waals surface area contributed by atoms with Crippen molar-refractivity contribution in [2.75, 3.05) is 33.9 Å². The quantitative estimate of drug-likeness (QED) is 0.772. The summed E-state index contributed by atoms with van der Waals surface area (Å²) < 4.78 is 4.95. The Morgan fingerprint density at radius 1 is 1.36 bits per heavy atom. The lowest BCUT2D eigenvalue weighted by Gasteiger charge is -2.34. The number of benzene rings is 1. The molecule has 2 unspecified atom stereocenters. The van der Waals surface area contributed by atoms with Crippen molar-refractivity contribution < 1.29 is 14.3 Å². The second kappa shape index (κ2) is 7.67. The first kappa shape index (κ1) is 18.1. The number of hydrogen-bond donors (Lipinski definition) is 1. The molecule has 136 valence electrons. The van der Waals surface area contributed by atoms with Gasteiger partial charge in [-0.05, 0) is 55.8 Å². The first-order valence-electron chi connectivity index (χ1n) is 9.16. The van der Waals surface area contributed by atoms with Crippen molar-refractivity contribution >= 4 is 11.7 Å². The number of ketones is 1. The maximum atomic E-state index is 12.9. The molecule has 0 aliphatic heterocycles. The number of carbonyl (C=O) groups is 2. The number of nitrogens with zero attached hydrogens (tertiary/aromatic N) is 1. The fourth-order valence-electron chi connectivity index (χ4n) is 3.67. The van der Waals surface area contributed by atoms with Crippen LogP contribution in [0.4, 0.5) is 0 Å². The molecule has 1 fully saturated rings. The highest BCUT2D eigenvalue weighted by atomic mass is 16.5. The van der Waals surface area contributed by atoms with Crippen LogP contribution in [0.2, 0.25) is 0 Å². The van der Waals surface area contributed by atoms with Crippen molar-refractivity contribution in [1.82, 2.24) is 10.2 Å². The topological polar surface area (TPSA) is 58.6 Å². The molecule has 2 aliphatic rings. The molecule has 1 aromatic rings. The van der Waals surface area contributed by atoms with Crippen LogP contribution in [-0.4, -0.2) is 56.5 Å². The number of likely N-dealkylation sites (N-methyl/N-ethyl adjacent to an activating group) is 1.